The Morgan fingerprint density at radius 2 is 2.05 bits per heavy atom. The van der Waals surface area contributed by atoms with E-state index in [1.54, 1.807) is 23.5 Å². The van der Waals surface area contributed by atoms with E-state index in [2.05, 4.69) is 15.4 Å². The van der Waals surface area contributed by atoms with Crippen LogP contribution in [0, 0.1) is 0 Å². The summed E-state index contributed by atoms with van der Waals surface area (Å²) in [5.74, 6) is 0.240. The molecule has 0 bridgehead atoms. The average Bonchev–Trinajstić information content (AvgIpc) is 2.91. The molecule has 20 heavy (non-hydrogen) atoms. The van der Waals surface area contributed by atoms with E-state index in [4.69, 9.17) is 0 Å². The van der Waals surface area contributed by atoms with Gasteiger partial charge in [-0.05, 0) is 41.4 Å². The lowest BCUT2D eigenvalue weighted by Crippen LogP contribution is -2.23. The summed E-state index contributed by atoms with van der Waals surface area (Å²) in [4.78, 5) is 0. The molecule has 0 saturated carbocycles. The number of halogens is 2. The highest BCUT2D eigenvalue weighted by Gasteiger charge is 2.18. The van der Waals surface area contributed by atoms with E-state index >= 15 is 0 Å². The van der Waals surface area contributed by atoms with Crippen molar-refractivity contribution in [3.05, 3.63) is 52.2 Å². The van der Waals surface area contributed by atoms with E-state index in [9.17, 15) is 8.78 Å². The number of likely N-dealkylation sites (N-methyl/N-ethyl adjacent to an activating group) is 1. The van der Waals surface area contributed by atoms with Gasteiger partial charge in [0.1, 0.15) is 5.75 Å². The fraction of sp³-hybridized carbons (Fsp3) is 0.333. The first-order valence-electron chi connectivity index (χ1n) is 6.49. The molecular weight excluding hydrogens is 280 g/mol. The molecule has 0 aliphatic rings. The van der Waals surface area contributed by atoms with Gasteiger partial charge in [0.25, 0.3) is 0 Å². The second kappa shape index (κ2) is 7.36. The standard InChI is InChI=1S/C15H17F2NOS/c1-2-18-13(9-11-7-8-20-10-11)12-5-3-4-6-14(12)19-15(16)17/h3-8,10,13,15,18H,2,9H2,1H3. The van der Waals surface area contributed by atoms with Gasteiger partial charge in [0.2, 0.25) is 0 Å². The number of nitrogens with one attached hydrogen (secondary N) is 1. The summed E-state index contributed by atoms with van der Waals surface area (Å²) in [5, 5.41) is 7.41. The van der Waals surface area contributed by atoms with Crippen LogP contribution in [0.15, 0.2) is 41.1 Å². The van der Waals surface area contributed by atoms with Crippen LogP contribution in [0.1, 0.15) is 24.1 Å². The Kier molecular flexibility index (Phi) is 5.49. The van der Waals surface area contributed by atoms with Gasteiger partial charge in [0.15, 0.2) is 0 Å². The zero-order valence-electron chi connectivity index (χ0n) is 11.2. The van der Waals surface area contributed by atoms with Crippen LogP contribution < -0.4 is 10.1 Å². The van der Waals surface area contributed by atoms with E-state index in [1.807, 2.05) is 30.5 Å². The van der Waals surface area contributed by atoms with Crippen molar-refractivity contribution < 1.29 is 13.5 Å². The molecule has 1 aromatic heterocycles. The smallest absolute Gasteiger partial charge is 0.387 e. The molecular formula is C15H17F2NOS. The molecule has 0 aliphatic carbocycles. The third kappa shape index (κ3) is 4.02. The highest BCUT2D eigenvalue weighted by atomic mass is 32.1. The van der Waals surface area contributed by atoms with Crippen molar-refractivity contribution >= 4 is 11.3 Å². The fourth-order valence-electron chi connectivity index (χ4n) is 2.15. The second-order valence-corrected chi connectivity index (χ2v) is 5.14. The van der Waals surface area contributed by atoms with Gasteiger partial charge in [-0.1, -0.05) is 25.1 Å². The third-order valence-electron chi connectivity index (χ3n) is 2.98. The molecule has 0 radical (unpaired) electrons. The first-order chi connectivity index (χ1) is 9.70. The van der Waals surface area contributed by atoms with Gasteiger partial charge in [-0.25, -0.2) is 0 Å². The molecule has 0 fully saturated rings. The van der Waals surface area contributed by atoms with Crippen molar-refractivity contribution in [1.29, 1.82) is 0 Å². The number of alkyl halides is 2. The molecule has 1 atom stereocenters. The Hall–Kier alpha value is -1.46. The van der Waals surface area contributed by atoms with Gasteiger partial charge in [-0.15, -0.1) is 0 Å². The van der Waals surface area contributed by atoms with Gasteiger partial charge in [0, 0.05) is 11.6 Å². The molecule has 2 aromatic rings. The van der Waals surface area contributed by atoms with E-state index < -0.39 is 6.61 Å². The first-order valence-corrected chi connectivity index (χ1v) is 7.43. The van der Waals surface area contributed by atoms with Crippen LogP contribution in [0.3, 0.4) is 0 Å². The van der Waals surface area contributed by atoms with Gasteiger partial charge < -0.3 is 10.1 Å². The van der Waals surface area contributed by atoms with Crippen LogP contribution in [0.4, 0.5) is 8.78 Å². The predicted molar refractivity (Wildman–Crippen MR) is 77.5 cm³/mol. The number of thiophene rings is 1. The number of hydrogen-bond donors (Lipinski definition) is 1. The molecule has 1 N–H and O–H groups in total. The molecule has 1 unspecified atom stereocenters. The second-order valence-electron chi connectivity index (χ2n) is 4.36. The minimum absolute atomic E-state index is 0.0375. The maximum Gasteiger partial charge on any atom is 0.387 e. The molecule has 108 valence electrons. The van der Waals surface area contributed by atoms with Crippen LogP contribution in [0.2, 0.25) is 0 Å². The summed E-state index contributed by atoms with van der Waals surface area (Å²) >= 11 is 1.63. The highest BCUT2D eigenvalue weighted by molar-refractivity contribution is 7.07. The van der Waals surface area contributed by atoms with E-state index in [0.717, 1.165) is 18.5 Å². The lowest BCUT2D eigenvalue weighted by Gasteiger charge is -2.21. The molecule has 0 amide bonds. The van der Waals surface area contributed by atoms with Crippen molar-refractivity contribution in [1.82, 2.24) is 5.32 Å². The third-order valence-corrected chi connectivity index (χ3v) is 3.71. The van der Waals surface area contributed by atoms with Crippen LogP contribution in [-0.4, -0.2) is 13.2 Å². The molecule has 1 heterocycles. The predicted octanol–water partition coefficient (Wildman–Crippen LogP) is 4.24. The summed E-state index contributed by atoms with van der Waals surface area (Å²) in [7, 11) is 0. The Morgan fingerprint density at radius 3 is 2.70 bits per heavy atom. The van der Waals surface area contributed by atoms with E-state index in [-0.39, 0.29) is 11.8 Å². The van der Waals surface area contributed by atoms with E-state index in [1.165, 1.54) is 5.56 Å². The van der Waals surface area contributed by atoms with Crippen LogP contribution >= 0.6 is 11.3 Å². The largest absolute Gasteiger partial charge is 0.434 e. The number of para-hydroxylation sites is 1. The number of rotatable bonds is 7. The molecule has 5 heteroatoms. The van der Waals surface area contributed by atoms with E-state index in [0.29, 0.717) is 0 Å². The molecule has 0 spiro atoms. The monoisotopic (exact) mass is 297 g/mol. The number of hydrogen-bond acceptors (Lipinski definition) is 3. The number of benzene rings is 1. The SMILES string of the molecule is CCNC(Cc1ccsc1)c1ccccc1OC(F)F. The van der Waals surface area contributed by atoms with Crippen molar-refractivity contribution in [2.75, 3.05) is 6.54 Å². The lowest BCUT2D eigenvalue weighted by molar-refractivity contribution is -0.0507. The topological polar surface area (TPSA) is 21.3 Å². The molecule has 2 nitrogen and oxygen atoms in total. The summed E-state index contributed by atoms with van der Waals surface area (Å²) in [6, 6.07) is 8.97. The van der Waals surface area contributed by atoms with Gasteiger partial charge in [-0.2, -0.15) is 20.1 Å². The van der Waals surface area contributed by atoms with Gasteiger partial charge >= 0.3 is 6.61 Å². The van der Waals surface area contributed by atoms with Crippen molar-refractivity contribution in [3.8, 4) is 5.75 Å². The zero-order chi connectivity index (χ0) is 14.4. The quantitative estimate of drug-likeness (QED) is 0.825. The van der Waals surface area contributed by atoms with Crippen molar-refractivity contribution in [2.24, 2.45) is 0 Å². The highest BCUT2D eigenvalue weighted by Crippen LogP contribution is 2.29. The van der Waals surface area contributed by atoms with Crippen LogP contribution in [-0.2, 0) is 6.42 Å². The molecule has 1 aromatic carbocycles. The summed E-state index contributed by atoms with van der Waals surface area (Å²) < 4.78 is 29.6. The van der Waals surface area contributed by atoms with Crippen LogP contribution in [0.5, 0.6) is 5.75 Å². The molecule has 2 rings (SSSR count). The Bertz CT molecular complexity index is 516. The van der Waals surface area contributed by atoms with Crippen molar-refractivity contribution in [3.63, 3.8) is 0 Å². The Labute approximate surface area is 121 Å². The Balaban J connectivity index is 2.24. The number of ether oxygens (including phenoxy) is 1. The Morgan fingerprint density at radius 1 is 1.25 bits per heavy atom. The maximum absolute atomic E-state index is 12.5. The molecule has 0 saturated heterocycles. The fourth-order valence-corrected chi connectivity index (χ4v) is 2.84. The minimum Gasteiger partial charge on any atom is -0.434 e. The minimum atomic E-state index is -2.81. The summed E-state index contributed by atoms with van der Waals surface area (Å²) in [5.41, 5.74) is 1.95. The summed E-state index contributed by atoms with van der Waals surface area (Å²) in [6.45, 7) is -0.0470. The van der Waals surface area contributed by atoms with Gasteiger partial charge in [-0.3, -0.25) is 0 Å². The van der Waals surface area contributed by atoms with Crippen molar-refractivity contribution in [2.45, 2.75) is 26.0 Å². The average molecular weight is 297 g/mol. The maximum atomic E-state index is 12.5. The first kappa shape index (κ1) is 14.9. The lowest BCUT2D eigenvalue weighted by atomic mass is 9.99. The van der Waals surface area contributed by atoms with Gasteiger partial charge in [0.05, 0.1) is 0 Å². The summed E-state index contributed by atoms with van der Waals surface area (Å²) in [6.07, 6.45) is 0.751. The van der Waals surface area contributed by atoms with Crippen LogP contribution in [0.25, 0.3) is 0 Å². The normalized spacial score (nSPS) is 12.6. The zero-order valence-corrected chi connectivity index (χ0v) is 12.0. The molecule has 0 aliphatic heterocycles.